The second-order valence-corrected chi connectivity index (χ2v) is 6.34. The van der Waals surface area contributed by atoms with Crippen LogP contribution in [-0.2, 0) is 0 Å². The van der Waals surface area contributed by atoms with Crippen LogP contribution in [0.4, 0.5) is 4.39 Å². The zero-order chi connectivity index (χ0) is 15.7. The average molecular weight is 325 g/mol. The van der Waals surface area contributed by atoms with Gasteiger partial charge < -0.3 is 9.84 Å². The molecule has 1 heterocycles. The van der Waals surface area contributed by atoms with Gasteiger partial charge in [-0.15, -0.1) is 0 Å². The van der Waals surface area contributed by atoms with Crippen LogP contribution in [0.25, 0.3) is 0 Å². The van der Waals surface area contributed by atoms with Crippen LogP contribution in [0.5, 0.6) is 5.75 Å². The molecule has 1 aromatic rings. The predicted molar refractivity (Wildman–Crippen MR) is 81.3 cm³/mol. The van der Waals surface area contributed by atoms with E-state index in [1.807, 2.05) is 6.08 Å². The molecule has 1 unspecified atom stereocenters. The maximum absolute atomic E-state index is 13.6. The molecule has 1 fully saturated rings. The minimum atomic E-state index is -0.219. The number of rotatable bonds is 5. The largest absolute Gasteiger partial charge is 0.489 e. The van der Waals surface area contributed by atoms with E-state index in [0.717, 1.165) is 6.42 Å². The predicted octanol–water partition coefficient (Wildman–Crippen LogP) is 3.25. The quantitative estimate of drug-likeness (QED) is 0.845. The van der Waals surface area contributed by atoms with E-state index in [4.69, 9.17) is 16.3 Å². The zero-order valence-electron chi connectivity index (χ0n) is 12.3. The molecule has 4 nitrogen and oxygen atoms in total. The molecule has 0 amide bonds. The van der Waals surface area contributed by atoms with Crippen molar-refractivity contribution in [1.29, 1.82) is 0 Å². The summed E-state index contributed by atoms with van der Waals surface area (Å²) in [5.74, 6) is 0.634. The molecule has 0 bridgehead atoms. The van der Waals surface area contributed by atoms with E-state index >= 15 is 0 Å². The smallest absolute Gasteiger partial charge is 0.222 e. The van der Waals surface area contributed by atoms with Crippen LogP contribution in [0, 0.1) is 24.2 Å². The summed E-state index contributed by atoms with van der Waals surface area (Å²) in [6.07, 6.45) is 7.98. The van der Waals surface area contributed by atoms with E-state index in [1.54, 1.807) is 19.2 Å². The number of hydrogen-bond acceptors (Lipinski definition) is 4. The van der Waals surface area contributed by atoms with Crippen molar-refractivity contribution in [3.63, 3.8) is 0 Å². The van der Waals surface area contributed by atoms with Crippen LogP contribution in [0.1, 0.15) is 18.5 Å². The van der Waals surface area contributed by atoms with Crippen molar-refractivity contribution in [3.05, 3.63) is 41.2 Å². The SMILES string of the molecule is Cc1nc(Cl)ncc1OC[C@@]1(C2C=CC=C(F)C2)C[C@H]1CO. The summed E-state index contributed by atoms with van der Waals surface area (Å²) >= 11 is 5.73. The van der Waals surface area contributed by atoms with E-state index < -0.39 is 0 Å². The maximum atomic E-state index is 13.6. The zero-order valence-corrected chi connectivity index (χ0v) is 13.1. The third-order valence-corrected chi connectivity index (χ3v) is 4.86. The number of halogens is 2. The molecular formula is C16H18ClFN2O2. The van der Waals surface area contributed by atoms with E-state index in [-0.39, 0.29) is 35.0 Å². The maximum Gasteiger partial charge on any atom is 0.222 e. The first kappa shape index (κ1) is 15.4. The van der Waals surface area contributed by atoms with Crippen LogP contribution >= 0.6 is 11.6 Å². The third-order valence-electron chi connectivity index (χ3n) is 4.67. The Bertz CT molecular complexity index is 635. The van der Waals surface area contributed by atoms with Crippen LogP contribution in [-0.4, -0.2) is 28.3 Å². The number of nitrogens with zero attached hydrogens (tertiary/aromatic N) is 2. The van der Waals surface area contributed by atoms with Gasteiger partial charge in [-0.1, -0.05) is 12.2 Å². The van der Waals surface area contributed by atoms with Crippen LogP contribution in [0.15, 0.2) is 30.3 Å². The lowest BCUT2D eigenvalue weighted by atomic mass is 9.82. The molecule has 2 aliphatic rings. The fraction of sp³-hybridized carbons (Fsp3) is 0.500. The molecule has 3 rings (SSSR count). The molecule has 3 atom stereocenters. The van der Waals surface area contributed by atoms with Gasteiger partial charge in [0.1, 0.15) is 5.83 Å². The molecule has 0 spiro atoms. The highest BCUT2D eigenvalue weighted by Gasteiger charge is 2.58. The highest BCUT2D eigenvalue weighted by atomic mass is 35.5. The van der Waals surface area contributed by atoms with Gasteiger partial charge in [0, 0.05) is 18.4 Å². The third kappa shape index (κ3) is 2.88. The number of ether oxygens (including phenoxy) is 1. The van der Waals surface area contributed by atoms with Crippen LogP contribution < -0.4 is 4.74 Å². The Kier molecular flexibility index (Phi) is 4.19. The summed E-state index contributed by atoms with van der Waals surface area (Å²) in [6, 6.07) is 0. The molecular weight excluding hydrogens is 307 g/mol. The normalized spacial score (nSPS) is 30.1. The van der Waals surface area contributed by atoms with Gasteiger partial charge in [0.2, 0.25) is 5.28 Å². The fourth-order valence-electron chi connectivity index (χ4n) is 3.20. The molecule has 1 saturated carbocycles. The molecule has 2 aliphatic carbocycles. The Labute approximate surface area is 133 Å². The van der Waals surface area contributed by atoms with Crippen LogP contribution in [0.2, 0.25) is 5.28 Å². The Morgan fingerprint density at radius 3 is 3.00 bits per heavy atom. The van der Waals surface area contributed by atoms with E-state index in [2.05, 4.69) is 9.97 Å². The van der Waals surface area contributed by atoms with Gasteiger partial charge in [-0.3, -0.25) is 0 Å². The summed E-state index contributed by atoms with van der Waals surface area (Å²) in [4.78, 5) is 7.98. The number of allylic oxidation sites excluding steroid dienone is 4. The highest BCUT2D eigenvalue weighted by Crippen LogP contribution is 2.60. The lowest BCUT2D eigenvalue weighted by Crippen LogP contribution is -2.26. The van der Waals surface area contributed by atoms with Gasteiger partial charge in [-0.2, -0.15) is 0 Å². The fourth-order valence-corrected chi connectivity index (χ4v) is 3.38. The molecule has 22 heavy (non-hydrogen) atoms. The van der Waals surface area contributed by atoms with Gasteiger partial charge in [0.05, 0.1) is 18.5 Å². The molecule has 118 valence electrons. The second kappa shape index (κ2) is 5.97. The summed E-state index contributed by atoms with van der Waals surface area (Å²) in [6.45, 7) is 2.30. The number of aliphatic hydroxyl groups excluding tert-OH is 1. The molecule has 0 aliphatic heterocycles. The Morgan fingerprint density at radius 1 is 1.55 bits per heavy atom. The Hall–Kier alpha value is -1.46. The summed E-state index contributed by atoms with van der Waals surface area (Å²) in [5, 5.41) is 9.68. The number of hydrogen-bond donors (Lipinski definition) is 1. The average Bonchev–Trinajstić information content (AvgIpc) is 3.21. The lowest BCUT2D eigenvalue weighted by Gasteiger charge is -2.27. The van der Waals surface area contributed by atoms with Crippen molar-refractivity contribution >= 4 is 11.6 Å². The molecule has 0 radical (unpaired) electrons. The standard InChI is InChI=1S/C16H18ClFN2O2/c1-10-14(7-19-15(17)20-10)22-9-16(6-12(16)8-21)11-3-2-4-13(18)5-11/h2-4,7,11-12,21H,5-6,8-9H2,1H3/t11?,12-,16+/m0/s1. The van der Waals surface area contributed by atoms with Gasteiger partial charge >= 0.3 is 0 Å². The van der Waals surface area contributed by atoms with Crippen molar-refractivity contribution < 1.29 is 14.2 Å². The summed E-state index contributed by atoms with van der Waals surface area (Å²) in [5.41, 5.74) is 0.449. The highest BCUT2D eigenvalue weighted by molar-refractivity contribution is 6.28. The Balaban J connectivity index is 1.73. The van der Waals surface area contributed by atoms with E-state index in [0.29, 0.717) is 24.5 Å². The minimum absolute atomic E-state index is 0.0446. The monoisotopic (exact) mass is 324 g/mol. The number of aromatic nitrogens is 2. The van der Waals surface area contributed by atoms with E-state index in [9.17, 15) is 9.50 Å². The molecule has 6 heteroatoms. The van der Waals surface area contributed by atoms with Crippen molar-refractivity contribution in [2.75, 3.05) is 13.2 Å². The molecule has 1 N–H and O–H groups in total. The molecule has 1 aromatic heterocycles. The van der Waals surface area contributed by atoms with Crippen molar-refractivity contribution in [3.8, 4) is 5.75 Å². The Morgan fingerprint density at radius 2 is 2.36 bits per heavy atom. The summed E-state index contributed by atoms with van der Waals surface area (Å²) < 4.78 is 19.4. The van der Waals surface area contributed by atoms with Crippen molar-refractivity contribution in [1.82, 2.24) is 9.97 Å². The second-order valence-electron chi connectivity index (χ2n) is 6.00. The first-order valence-electron chi connectivity index (χ1n) is 7.31. The summed E-state index contributed by atoms with van der Waals surface area (Å²) in [7, 11) is 0. The van der Waals surface area contributed by atoms with Crippen molar-refractivity contribution in [2.45, 2.75) is 19.8 Å². The molecule has 0 saturated heterocycles. The first-order valence-corrected chi connectivity index (χ1v) is 7.68. The van der Waals surface area contributed by atoms with E-state index in [1.165, 1.54) is 6.08 Å². The number of aliphatic hydroxyl groups is 1. The topological polar surface area (TPSA) is 55.2 Å². The molecule has 0 aromatic carbocycles. The lowest BCUT2D eigenvalue weighted by molar-refractivity contribution is 0.150. The first-order chi connectivity index (χ1) is 10.5. The van der Waals surface area contributed by atoms with Crippen molar-refractivity contribution in [2.24, 2.45) is 17.3 Å². The van der Waals surface area contributed by atoms with Gasteiger partial charge in [-0.05, 0) is 42.9 Å². The van der Waals surface area contributed by atoms with Gasteiger partial charge in [-0.25, -0.2) is 14.4 Å². The van der Waals surface area contributed by atoms with Gasteiger partial charge in [0.25, 0.3) is 0 Å². The van der Waals surface area contributed by atoms with Crippen LogP contribution in [0.3, 0.4) is 0 Å². The number of aryl methyl sites for hydroxylation is 1. The van der Waals surface area contributed by atoms with Gasteiger partial charge in [0.15, 0.2) is 5.75 Å². The minimum Gasteiger partial charge on any atom is -0.489 e.